The molecule has 2 aliphatic rings. The molecule has 2 unspecified atom stereocenters. The second-order valence-corrected chi connectivity index (χ2v) is 6.08. The summed E-state index contributed by atoms with van der Waals surface area (Å²) < 4.78 is 0. The summed E-state index contributed by atoms with van der Waals surface area (Å²) in [4.78, 5) is 26.6. The van der Waals surface area contributed by atoms with E-state index < -0.39 is 0 Å². The van der Waals surface area contributed by atoms with Gasteiger partial charge in [-0.25, -0.2) is 0 Å². The van der Waals surface area contributed by atoms with E-state index in [-0.39, 0.29) is 17.9 Å². The van der Waals surface area contributed by atoms with Crippen molar-refractivity contribution in [2.24, 2.45) is 5.92 Å². The van der Waals surface area contributed by atoms with Gasteiger partial charge in [-0.05, 0) is 37.0 Å². The molecule has 1 N–H and O–H groups in total. The number of hydrogen-bond acceptors (Lipinski definition) is 3. The standard InChI is InChI=1S/C15H18N2O2S/c18-14-5-4-11-9-17(7-6-13(11)16-14)15(19)10-2-1-3-12(20)8-10/h1-3,8,11,13,20H,4-7,9H2,(H,16,18). The van der Waals surface area contributed by atoms with Crippen LogP contribution in [-0.4, -0.2) is 35.8 Å². The van der Waals surface area contributed by atoms with Crippen LogP contribution in [0.25, 0.3) is 0 Å². The van der Waals surface area contributed by atoms with Crippen LogP contribution < -0.4 is 5.32 Å². The number of thiol groups is 1. The minimum absolute atomic E-state index is 0.0660. The first-order valence-electron chi connectivity index (χ1n) is 7.01. The summed E-state index contributed by atoms with van der Waals surface area (Å²) in [7, 11) is 0. The number of amides is 2. The third-order valence-electron chi connectivity index (χ3n) is 4.20. The van der Waals surface area contributed by atoms with Crippen LogP contribution in [-0.2, 0) is 4.79 Å². The van der Waals surface area contributed by atoms with Crippen molar-refractivity contribution in [1.29, 1.82) is 0 Å². The van der Waals surface area contributed by atoms with Crippen LogP contribution in [0.3, 0.4) is 0 Å². The van der Waals surface area contributed by atoms with Gasteiger partial charge in [0.25, 0.3) is 5.91 Å². The van der Waals surface area contributed by atoms with Gasteiger partial charge in [0, 0.05) is 36.0 Å². The summed E-state index contributed by atoms with van der Waals surface area (Å²) in [5, 5.41) is 3.04. The number of rotatable bonds is 1. The normalized spacial score (nSPS) is 25.9. The van der Waals surface area contributed by atoms with Gasteiger partial charge in [-0.1, -0.05) is 6.07 Å². The van der Waals surface area contributed by atoms with Crippen LogP contribution in [0.1, 0.15) is 29.6 Å². The SMILES string of the molecule is O=C1CCC2CN(C(=O)c3cccc(S)c3)CCC2N1. The number of piperidine rings is 2. The van der Waals surface area contributed by atoms with E-state index in [0.29, 0.717) is 24.4 Å². The fraction of sp³-hybridized carbons (Fsp3) is 0.467. The molecule has 4 nitrogen and oxygen atoms in total. The Labute approximate surface area is 123 Å². The molecule has 0 aromatic heterocycles. The lowest BCUT2D eigenvalue weighted by Crippen LogP contribution is -2.55. The molecule has 0 spiro atoms. The van der Waals surface area contributed by atoms with Crippen LogP contribution >= 0.6 is 12.6 Å². The highest BCUT2D eigenvalue weighted by atomic mass is 32.1. The minimum Gasteiger partial charge on any atom is -0.353 e. The summed E-state index contributed by atoms with van der Waals surface area (Å²) in [5.74, 6) is 0.606. The number of benzene rings is 1. The van der Waals surface area contributed by atoms with E-state index >= 15 is 0 Å². The lowest BCUT2D eigenvalue weighted by molar-refractivity contribution is -0.125. The van der Waals surface area contributed by atoms with Gasteiger partial charge in [-0.3, -0.25) is 9.59 Å². The molecular formula is C15H18N2O2S. The first-order chi connectivity index (χ1) is 9.63. The molecule has 20 heavy (non-hydrogen) atoms. The van der Waals surface area contributed by atoms with Gasteiger partial charge in [0.05, 0.1) is 0 Å². The number of nitrogens with one attached hydrogen (secondary N) is 1. The summed E-state index contributed by atoms with van der Waals surface area (Å²) in [6.45, 7) is 1.44. The largest absolute Gasteiger partial charge is 0.353 e. The Morgan fingerprint density at radius 2 is 2.20 bits per heavy atom. The first-order valence-corrected chi connectivity index (χ1v) is 7.46. The molecule has 0 saturated carbocycles. The predicted octanol–water partition coefficient (Wildman–Crippen LogP) is 1.72. The quantitative estimate of drug-likeness (QED) is 0.774. The summed E-state index contributed by atoms with van der Waals surface area (Å²) in [6, 6.07) is 7.60. The molecule has 106 valence electrons. The smallest absolute Gasteiger partial charge is 0.253 e. The number of hydrogen-bond donors (Lipinski definition) is 2. The van der Waals surface area contributed by atoms with Gasteiger partial charge in [0.2, 0.25) is 5.91 Å². The van der Waals surface area contributed by atoms with Crippen LogP contribution in [0.5, 0.6) is 0 Å². The number of likely N-dealkylation sites (tertiary alicyclic amines) is 1. The topological polar surface area (TPSA) is 49.4 Å². The second-order valence-electron chi connectivity index (χ2n) is 5.56. The van der Waals surface area contributed by atoms with Gasteiger partial charge >= 0.3 is 0 Å². The van der Waals surface area contributed by atoms with E-state index in [2.05, 4.69) is 17.9 Å². The van der Waals surface area contributed by atoms with Crippen molar-refractivity contribution in [2.75, 3.05) is 13.1 Å². The third kappa shape index (κ3) is 2.68. The lowest BCUT2D eigenvalue weighted by Gasteiger charge is -2.41. The van der Waals surface area contributed by atoms with E-state index in [1.807, 2.05) is 23.1 Å². The Morgan fingerprint density at radius 3 is 3.00 bits per heavy atom. The van der Waals surface area contributed by atoms with Crippen LogP contribution in [0, 0.1) is 5.92 Å². The van der Waals surface area contributed by atoms with Crippen LogP contribution in [0.15, 0.2) is 29.2 Å². The summed E-state index contributed by atoms with van der Waals surface area (Å²) in [5.41, 5.74) is 0.691. The molecule has 1 aromatic carbocycles. The Hall–Kier alpha value is -1.49. The Kier molecular flexibility index (Phi) is 3.70. The van der Waals surface area contributed by atoms with Crippen LogP contribution in [0.4, 0.5) is 0 Å². The van der Waals surface area contributed by atoms with E-state index in [1.54, 1.807) is 6.07 Å². The highest BCUT2D eigenvalue weighted by Gasteiger charge is 2.35. The van der Waals surface area contributed by atoms with Gasteiger partial charge in [-0.15, -0.1) is 12.6 Å². The van der Waals surface area contributed by atoms with Gasteiger partial charge in [0.15, 0.2) is 0 Å². The molecule has 3 rings (SSSR count). The summed E-state index contributed by atoms with van der Waals surface area (Å²) >= 11 is 4.28. The van der Waals surface area contributed by atoms with Crippen molar-refractivity contribution in [3.8, 4) is 0 Å². The minimum atomic E-state index is 0.0660. The van der Waals surface area contributed by atoms with Crippen molar-refractivity contribution >= 4 is 24.4 Å². The molecule has 1 aromatic rings. The number of nitrogens with zero attached hydrogens (tertiary/aromatic N) is 1. The molecule has 0 aliphatic carbocycles. The van der Waals surface area contributed by atoms with Crippen molar-refractivity contribution in [2.45, 2.75) is 30.2 Å². The second kappa shape index (κ2) is 5.48. The zero-order valence-corrected chi connectivity index (χ0v) is 12.1. The molecule has 2 amide bonds. The van der Waals surface area contributed by atoms with Gasteiger partial charge < -0.3 is 10.2 Å². The summed E-state index contributed by atoms with van der Waals surface area (Å²) in [6.07, 6.45) is 2.31. The Balaban J connectivity index is 1.70. The van der Waals surface area contributed by atoms with Crippen molar-refractivity contribution in [3.05, 3.63) is 29.8 Å². The highest BCUT2D eigenvalue weighted by Crippen LogP contribution is 2.26. The molecule has 0 bridgehead atoms. The maximum Gasteiger partial charge on any atom is 0.253 e. The maximum absolute atomic E-state index is 12.5. The van der Waals surface area contributed by atoms with E-state index in [4.69, 9.17) is 0 Å². The van der Waals surface area contributed by atoms with Crippen molar-refractivity contribution in [1.82, 2.24) is 10.2 Å². The van der Waals surface area contributed by atoms with E-state index in [1.165, 1.54) is 0 Å². The van der Waals surface area contributed by atoms with Crippen LogP contribution in [0.2, 0.25) is 0 Å². The fourth-order valence-corrected chi connectivity index (χ4v) is 3.34. The highest BCUT2D eigenvalue weighted by molar-refractivity contribution is 7.80. The lowest BCUT2D eigenvalue weighted by atomic mass is 9.85. The maximum atomic E-state index is 12.5. The average molecular weight is 290 g/mol. The van der Waals surface area contributed by atoms with E-state index in [0.717, 1.165) is 24.3 Å². The van der Waals surface area contributed by atoms with Gasteiger partial charge in [-0.2, -0.15) is 0 Å². The molecule has 0 radical (unpaired) electrons. The molecule has 2 aliphatic heterocycles. The number of carbonyl (C=O) groups is 2. The molecule has 2 atom stereocenters. The van der Waals surface area contributed by atoms with E-state index in [9.17, 15) is 9.59 Å². The predicted molar refractivity (Wildman–Crippen MR) is 78.9 cm³/mol. The van der Waals surface area contributed by atoms with Crippen molar-refractivity contribution in [3.63, 3.8) is 0 Å². The number of carbonyl (C=O) groups excluding carboxylic acids is 2. The third-order valence-corrected chi connectivity index (χ3v) is 4.48. The Bertz CT molecular complexity index is 546. The molecule has 2 heterocycles. The molecule has 5 heteroatoms. The molecule has 2 fully saturated rings. The molecular weight excluding hydrogens is 272 g/mol. The Morgan fingerprint density at radius 1 is 1.35 bits per heavy atom. The zero-order chi connectivity index (χ0) is 14.1. The van der Waals surface area contributed by atoms with Crippen molar-refractivity contribution < 1.29 is 9.59 Å². The number of fused-ring (bicyclic) bond motifs is 1. The zero-order valence-electron chi connectivity index (χ0n) is 11.2. The monoisotopic (exact) mass is 290 g/mol. The molecule has 2 saturated heterocycles. The average Bonchev–Trinajstić information content (AvgIpc) is 2.46. The van der Waals surface area contributed by atoms with Gasteiger partial charge in [0.1, 0.15) is 0 Å². The first kappa shape index (κ1) is 13.5. The fourth-order valence-electron chi connectivity index (χ4n) is 3.12.